The largest absolute Gasteiger partial charge is 0.336 e. The van der Waals surface area contributed by atoms with Crippen LogP contribution in [0, 0.1) is 17.5 Å². The van der Waals surface area contributed by atoms with Gasteiger partial charge in [-0.1, -0.05) is 12.1 Å². The van der Waals surface area contributed by atoms with Gasteiger partial charge in [-0.15, -0.1) is 0 Å². The number of rotatable bonds is 3. The second kappa shape index (κ2) is 10.1. The van der Waals surface area contributed by atoms with E-state index in [4.69, 9.17) is 0 Å². The minimum Gasteiger partial charge on any atom is -0.336 e. The van der Waals surface area contributed by atoms with Gasteiger partial charge in [0.2, 0.25) is 5.91 Å². The molecule has 1 unspecified atom stereocenters. The Balaban J connectivity index is 1.62. The van der Waals surface area contributed by atoms with E-state index in [1.54, 1.807) is 11.0 Å². The van der Waals surface area contributed by atoms with Crippen LogP contribution in [-0.4, -0.2) is 48.8 Å². The van der Waals surface area contributed by atoms with Crippen molar-refractivity contribution in [3.05, 3.63) is 94.8 Å². The summed E-state index contributed by atoms with van der Waals surface area (Å²) >= 11 is 0. The molecule has 0 saturated carbocycles. The van der Waals surface area contributed by atoms with E-state index in [-0.39, 0.29) is 29.3 Å². The average molecular weight is 509 g/mol. The molecule has 2 heterocycles. The van der Waals surface area contributed by atoms with Gasteiger partial charge in [0.25, 0.3) is 11.8 Å². The molecule has 0 spiro atoms. The van der Waals surface area contributed by atoms with Crippen LogP contribution >= 0.6 is 0 Å². The Labute approximate surface area is 210 Å². The predicted octanol–water partition coefficient (Wildman–Crippen LogP) is 3.88. The molecule has 3 aromatic carbocycles. The second-order valence-corrected chi connectivity index (χ2v) is 8.93. The van der Waals surface area contributed by atoms with Crippen LogP contribution in [0.2, 0.25) is 0 Å². The van der Waals surface area contributed by atoms with Crippen molar-refractivity contribution in [3.8, 4) is 0 Å². The third-order valence-corrected chi connectivity index (χ3v) is 6.45. The number of benzene rings is 3. The Morgan fingerprint density at radius 3 is 2.14 bits per heavy atom. The van der Waals surface area contributed by atoms with E-state index in [0.717, 1.165) is 12.1 Å². The summed E-state index contributed by atoms with van der Waals surface area (Å²) in [6.07, 6.45) is -0.203. The highest BCUT2D eigenvalue weighted by atomic mass is 19.1. The third-order valence-electron chi connectivity index (χ3n) is 6.45. The number of carbonyl (C=O) groups excluding carboxylic acids is 3. The molecule has 0 radical (unpaired) electrons. The van der Waals surface area contributed by atoms with Crippen molar-refractivity contribution in [2.24, 2.45) is 0 Å². The number of piperazine rings is 1. The number of carbonyl (C=O) groups is 3. The van der Waals surface area contributed by atoms with E-state index in [2.05, 4.69) is 10.6 Å². The van der Waals surface area contributed by atoms with Gasteiger partial charge in [-0.25, -0.2) is 13.2 Å². The molecule has 7 nitrogen and oxygen atoms in total. The Bertz CT molecular complexity index is 1350. The SMILES string of the molecule is O=C1CC(c2ccc(F)cc2)N(C(=O)c2cc(F)cc(F)c2)c2ccc(C(=O)N3CCNCC3)cc2N1. The van der Waals surface area contributed by atoms with Crippen molar-refractivity contribution in [2.45, 2.75) is 12.5 Å². The number of hydrogen-bond donors (Lipinski definition) is 2. The summed E-state index contributed by atoms with van der Waals surface area (Å²) in [6.45, 7) is 2.40. The van der Waals surface area contributed by atoms with Gasteiger partial charge < -0.3 is 15.5 Å². The fourth-order valence-electron chi connectivity index (χ4n) is 4.68. The molecule has 37 heavy (non-hydrogen) atoms. The first kappa shape index (κ1) is 24.5. The summed E-state index contributed by atoms with van der Waals surface area (Å²) in [4.78, 5) is 42.7. The van der Waals surface area contributed by atoms with Crippen molar-refractivity contribution in [1.82, 2.24) is 10.2 Å². The smallest absolute Gasteiger partial charge is 0.259 e. The van der Waals surface area contributed by atoms with Crippen LogP contribution in [0.4, 0.5) is 24.5 Å². The van der Waals surface area contributed by atoms with Crippen LogP contribution in [0.5, 0.6) is 0 Å². The number of nitrogens with zero attached hydrogens (tertiary/aromatic N) is 2. The molecule has 10 heteroatoms. The van der Waals surface area contributed by atoms with Crippen molar-refractivity contribution in [3.63, 3.8) is 0 Å². The standard InChI is InChI=1S/C27H23F3N4O3/c28-19-4-1-16(2-5-19)24-15-25(35)32-22-13-17(26(36)33-9-7-31-8-10-33)3-6-23(22)34(24)27(37)18-11-20(29)14-21(30)12-18/h1-6,11-14,24,31H,7-10,15H2,(H,32,35). The lowest BCUT2D eigenvalue weighted by atomic mass is 9.99. The van der Waals surface area contributed by atoms with Crippen LogP contribution in [0.3, 0.4) is 0 Å². The van der Waals surface area contributed by atoms with Crippen LogP contribution in [0.25, 0.3) is 0 Å². The van der Waals surface area contributed by atoms with Crippen molar-refractivity contribution in [2.75, 3.05) is 36.4 Å². The number of amides is 3. The van der Waals surface area contributed by atoms with Crippen LogP contribution in [0.1, 0.15) is 38.7 Å². The van der Waals surface area contributed by atoms with Gasteiger partial charge in [0.1, 0.15) is 17.5 Å². The first-order valence-electron chi connectivity index (χ1n) is 11.8. The van der Waals surface area contributed by atoms with Gasteiger partial charge in [0, 0.05) is 43.4 Å². The molecular weight excluding hydrogens is 485 g/mol. The number of anilines is 2. The summed E-state index contributed by atoms with van der Waals surface area (Å²) < 4.78 is 41.7. The highest BCUT2D eigenvalue weighted by Crippen LogP contribution is 2.40. The second-order valence-electron chi connectivity index (χ2n) is 8.93. The van der Waals surface area contributed by atoms with Crippen molar-refractivity contribution < 1.29 is 27.6 Å². The summed E-state index contributed by atoms with van der Waals surface area (Å²) in [6, 6.07) is 11.5. The highest BCUT2D eigenvalue weighted by Gasteiger charge is 2.35. The molecule has 2 aliphatic rings. The van der Waals surface area contributed by atoms with E-state index in [9.17, 15) is 27.6 Å². The monoisotopic (exact) mass is 508 g/mol. The van der Waals surface area contributed by atoms with Crippen molar-refractivity contribution in [1.29, 1.82) is 0 Å². The maximum Gasteiger partial charge on any atom is 0.259 e. The molecule has 1 fully saturated rings. The van der Waals surface area contributed by atoms with E-state index in [1.807, 2.05) is 0 Å². The molecule has 3 aromatic rings. The first-order valence-corrected chi connectivity index (χ1v) is 11.8. The summed E-state index contributed by atoms with van der Waals surface area (Å²) in [7, 11) is 0. The van der Waals surface area contributed by atoms with Gasteiger partial charge in [0.15, 0.2) is 0 Å². The molecule has 5 rings (SSSR count). The molecule has 1 saturated heterocycles. The number of halogens is 3. The lowest BCUT2D eigenvalue weighted by Gasteiger charge is -2.31. The van der Waals surface area contributed by atoms with Crippen LogP contribution in [-0.2, 0) is 4.79 Å². The summed E-state index contributed by atoms with van der Waals surface area (Å²) in [5, 5.41) is 5.93. The molecule has 190 valence electrons. The quantitative estimate of drug-likeness (QED) is 0.563. The lowest BCUT2D eigenvalue weighted by Crippen LogP contribution is -2.46. The van der Waals surface area contributed by atoms with Gasteiger partial charge >= 0.3 is 0 Å². The molecule has 2 N–H and O–H groups in total. The maximum atomic E-state index is 14.0. The Kier molecular flexibility index (Phi) is 6.66. The minimum absolute atomic E-state index is 0.203. The zero-order valence-electron chi connectivity index (χ0n) is 19.6. The van der Waals surface area contributed by atoms with Gasteiger partial charge in [-0.2, -0.15) is 0 Å². The van der Waals surface area contributed by atoms with Crippen LogP contribution in [0.15, 0.2) is 60.7 Å². The van der Waals surface area contributed by atoms with Crippen LogP contribution < -0.4 is 15.5 Å². The Morgan fingerprint density at radius 1 is 0.784 bits per heavy atom. The van der Waals surface area contributed by atoms with Gasteiger partial charge in [0.05, 0.1) is 23.8 Å². The summed E-state index contributed by atoms with van der Waals surface area (Å²) in [5.74, 6) is -3.77. The third kappa shape index (κ3) is 5.05. The molecule has 1 atom stereocenters. The first-order chi connectivity index (χ1) is 17.8. The van der Waals surface area contributed by atoms with Gasteiger partial charge in [-0.05, 0) is 48.0 Å². The molecule has 0 bridgehead atoms. The molecule has 0 aliphatic carbocycles. The number of fused-ring (bicyclic) bond motifs is 1. The number of hydrogen-bond acceptors (Lipinski definition) is 4. The van der Waals surface area contributed by atoms with E-state index < -0.39 is 35.3 Å². The molecule has 0 aromatic heterocycles. The maximum absolute atomic E-state index is 14.0. The molecular formula is C27H23F3N4O3. The normalized spacial score (nSPS) is 17.6. The van der Waals surface area contributed by atoms with E-state index in [0.29, 0.717) is 43.4 Å². The topological polar surface area (TPSA) is 81.8 Å². The minimum atomic E-state index is -0.928. The molecule has 3 amide bonds. The molecule has 2 aliphatic heterocycles. The fourth-order valence-corrected chi connectivity index (χ4v) is 4.68. The number of nitrogens with one attached hydrogen (secondary N) is 2. The summed E-state index contributed by atoms with van der Waals surface area (Å²) in [5.41, 5.74) is 0.972. The zero-order chi connectivity index (χ0) is 26.1. The van der Waals surface area contributed by atoms with Gasteiger partial charge in [-0.3, -0.25) is 19.3 Å². The predicted molar refractivity (Wildman–Crippen MR) is 131 cm³/mol. The highest BCUT2D eigenvalue weighted by molar-refractivity contribution is 6.12. The van der Waals surface area contributed by atoms with E-state index >= 15 is 0 Å². The Morgan fingerprint density at radius 2 is 1.46 bits per heavy atom. The Hall–Kier alpha value is -4.18. The van der Waals surface area contributed by atoms with E-state index in [1.165, 1.54) is 41.3 Å². The lowest BCUT2D eigenvalue weighted by molar-refractivity contribution is -0.116. The zero-order valence-corrected chi connectivity index (χ0v) is 19.6. The average Bonchev–Trinajstić information content (AvgIpc) is 3.03. The van der Waals surface area contributed by atoms with Crippen molar-refractivity contribution >= 4 is 29.1 Å². The fraction of sp³-hybridized carbons (Fsp3) is 0.222.